The number of ether oxygens (including phenoxy) is 2. The molecule has 0 bridgehead atoms. The molecule has 0 aliphatic carbocycles. The summed E-state index contributed by atoms with van der Waals surface area (Å²) in [6, 6.07) is 7.56. The lowest BCUT2D eigenvalue weighted by Crippen LogP contribution is -2.42. The number of benzene rings is 1. The normalized spacial score (nSPS) is 17.0. The predicted molar refractivity (Wildman–Crippen MR) is 107 cm³/mol. The van der Waals surface area contributed by atoms with Gasteiger partial charge in [-0.3, -0.25) is 9.79 Å². The Morgan fingerprint density at radius 3 is 2.81 bits per heavy atom. The van der Waals surface area contributed by atoms with Gasteiger partial charge in [-0.05, 0) is 31.9 Å². The summed E-state index contributed by atoms with van der Waals surface area (Å²) in [4.78, 5) is 16.3. The first-order valence-corrected chi connectivity index (χ1v) is 9.64. The van der Waals surface area contributed by atoms with E-state index >= 15 is 0 Å². The summed E-state index contributed by atoms with van der Waals surface area (Å²) in [5.41, 5.74) is 1.76. The molecule has 0 spiro atoms. The first kappa shape index (κ1) is 21.2. The molecule has 27 heavy (non-hydrogen) atoms. The van der Waals surface area contributed by atoms with Crippen LogP contribution in [0.2, 0.25) is 0 Å². The third-order valence-corrected chi connectivity index (χ3v) is 4.34. The Labute approximate surface area is 161 Å². The lowest BCUT2D eigenvalue weighted by atomic mass is 10.1. The zero-order valence-corrected chi connectivity index (χ0v) is 16.4. The minimum Gasteiger partial charge on any atom is -0.381 e. The molecule has 1 aliphatic rings. The molecule has 1 unspecified atom stereocenters. The maximum absolute atomic E-state index is 12.1. The number of nitrogens with one attached hydrogen (secondary N) is 3. The summed E-state index contributed by atoms with van der Waals surface area (Å²) in [6.45, 7) is 7.10. The molecule has 0 radical (unpaired) electrons. The van der Waals surface area contributed by atoms with E-state index in [-0.39, 0.29) is 5.91 Å². The number of rotatable bonds is 10. The van der Waals surface area contributed by atoms with Crippen LogP contribution in [0.3, 0.4) is 0 Å². The van der Waals surface area contributed by atoms with Crippen molar-refractivity contribution in [1.82, 2.24) is 16.0 Å². The Hall–Kier alpha value is -2.12. The van der Waals surface area contributed by atoms with Crippen molar-refractivity contribution in [3.63, 3.8) is 0 Å². The van der Waals surface area contributed by atoms with Gasteiger partial charge >= 0.3 is 0 Å². The highest BCUT2D eigenvalue weighted by Gasteiger charge is 2.15. The topological polar surface area (TPSA) is 84.0 Å². The number of nitrogens with zero attached hydrogens (tertiary/aromatic N) is 1. The van der Waals surface area contributed by atoms with Gasteiger partial charge in [0, 0.05) is 51.4 Å². The molecule has 1 saturated heterocycles. The SMILES string of the molecule is CN=C(NCCCOCC1CCOC1)NCCNC(=O)c1cccc(C)c1. The van der Waals surface area contributed by atoms with E-state index in [1.165, 1.54) is 0 Å². The van der Waals surface area contributed by atoms with Gasteiger partial charge in [0.15, 0.2) is 5.96 Å². The molecule has 150 valence electrons. The maximum Gasteiger partial charge on any atom is 0.251 e. The lowest BCUT2D eigenvalue weighted by Gasteiger charge is -2.13. The van der Waals surface area contributed by atoms with Crippen molar-refractivity contribution >= 4 is 11.9 Å². The van der Waals surface area contributed by atoms with Crippen LogP contribution in [-0.2, 0) is 9.47 Å². The van der Waals surface area contributed by atoms with Crippen LogP contribution in [-0.4, -0.2) is 65.0 Å². The summed E-state index contributed by atoms with van der Waals surface area (Å²) < 4.78 is 11.0. The third kappa shape index (κ3) is 8.41. The van der Waals surface area contributed by atoms with Crippen molar-refractivity contribution < 1.29 is 14.3 Å². The number of hydrogen-bond acceptors (Lipinski definition) is 4. The van der Waals surface area contributed by atoms with Gasteiger partial charge in [-0.15, -0.1) is 0 Å². The Balaban J connectivity index is 1.50. The van der Waals surface area contributed by atoms with Crippen molar-refractivity contribution in [2.45, 2.75) is 19.8 Å². The van der Waals surface area contributed by atoms with Gasteiger partial charge in [0.1, 0.15) is 0 Å². The Morgan fingerprint density at radius 2 is 2.07 bits per heavy atom. The molecule has 1 atom stereocenters. The molecular formula is C20H32N4O3. The van der Waals surface area contributed by atoms with Crippen molar-refractivity contribution in [2.75, 3.05) is 53.1 Å². The molecule has 1 aromatic rings. The predicted octanol–water partition coefficient (Wildman–Crippen LogP) is 1.33. The molecule has 7 nitrogen and oxygen atoms in total. The summed E-state index contributed by atoms with van der Waals surface area (Å²) in [5.74, 6) is 1.22. The van der Waals surface area contributed by atoms with E-state index in [4.69, 9.17) is 9.47 Å². The molecule has 3 N–H and O–H groups in total. The second-order valence-electron chi connectivity index (χ2n) is 6.71. The lowest BCUT2D eigenvalue weighted by molar-refractivity contribution is 0.0887. The van der Waals surface area contributed by atoms with Gasteiger partial charge in [0.2, 0.25) is 0 Å². The molecule has 1 heterocycles. The minimum absolute atomic E-state index is 0.0618. The van der Waals surface area contributed by atoms with Crippen LogP contribution in [0.4, 0.5) is 0 Å². The molecule has 1 aliphatic heterocycles. The summed E-state index contributed by atoms with van der Waals surface area (Å²) in [5, 5.41) is 9.34. The van der Waals surface area contributed by atoms with Gasteiger partial charge in [-0.25, -0.2) is 0 Å². The van der Waals surface area contributed by atoms with Crippen LogP contribution in [0.1, 0.15) is 28.8 Å². The average molecular weight is 377 g/mol. The Kier molecular flexibility index (Phi) is 9.65. The van der Waals surface area contributed by atoms with E-state index in [1.54, 1.807) is 7.05 Å². The van der Waals surface area contributed by atoms with Gasteiger partial charge in [0.05, 0.1) is 13.2 Å². The first-order chi connectivity index (χ1) is 13.2. The molecule has 1 fully saturated rings. The summed E-state index contributed by atoms with van der Waals surface area (Å²) in [7, 11) is 1.73. The highest BCUT2D eigenvalue weighted by molar-refractivity contribution is 5.94. The number of carbonyl (C=O) groups excluding carboxylic acids is 1. The monoisotopic (exact) mass is 376 g/mol. The number of aryl methyl sites for hydroxylation is 1. The van der Waals surface area contributed by atoms with E-state index in [1.807, 2.05) is 31.2 Å². The van der Waals surface area contributed by atoms with Crippen LogP contribution < -0.4 is 16.0 Å². The fraction of sp³-hybridized carbons (Fsp3) is 0.600. The summed E-state index contributed by atoms with van der Waals surface area (Å²) in [6.07, 6.45) is 2.02. The molecule has 0 aromatic heterocycles. The van der Waals surface area contributed by atoms with Gasteiger partial charge < -0.3 is 25.4 Å². The second-order valence-corrected chi connectivity index (χ2v) is 6.71. The van der Waals surface area contributed by atoms with E-state index in [0.29, 0.717) is 24.6 Å². The molecule has 1 amide bonds. The number of carbonyl (C=O) groups is 1. The van der Waals surface area contributed by atoms with E-state index in [0.717, 1.165) is 57.3 Å². The largest absolute Gasteiger partial charge is 0.381 e. The van der Waals surface area contributed by atoms with Gasteiger partial charge in [-0.2, -0.15) is 0 Å². The third-order valence-electron chi connectivity index (χ3n) is 4.34. The van der Waals surface area contributed by atoms with Crippen LogP contribution in [0.25, 0.3) is 0 Å². The second kappa shape index (κ2) is 12.3. The quantitative estimate of drug-likeness (QED) is 0.326. The molecular weight excluding hydrogens is 344 g/mol. The van der Waals surface area contributed by atoms with Crippen molar-refractivity contribution in [3.05, 3.63) is 35.4 Å². The first-order valence-electron chi connectivity index (χ1n) is 9.64. The summed E-state index contributed by atoms with van der Waals surface area (Å²) >= 11 is 0. The standard InChI is InChI=1S/C20H32N4O3/c1-16-5-3-6-18(13-16)19(25)22-9-10-24-20(21-2)23-8-4-11-26-14-17-7-12-27-15-17/h3,5-6,13,17H,4,7-12,14-15H2,1-2H3,(H,22,25)(H2,21,23,24). The highest BCUT2D eigenvalue weighted by atomic mass is 16.5. The number of guanidine groups is 1. The van der Waals surface area contributed by atoms with E-state index in [2.05, 4.69) is 20.9 Å². The van der Waals surface area contributed by atoms with E-state index in [9.17, 15) is 4.79 Å². The van der Waals surface area contributed by atoms with Gasteiger partial charge in [-0.1, -0.05) is 17.7 Å². The van der Waals surface area contributed by atoms with Crippen LogP contribution in [0.5, 0.6) is 0 Å². The number of amides is 1. The molecule has 7 heteroatoms. The zero-order chi connectivity index (χ0) is 19.3. The van der Waals surface area contributed by atoms with Crippen LogP contribution >= 0.6 is 0 Å². The fourth-order valence-corrected chi connectivity index (χ4v) is 2.81. The highest BCUT2D eigenvalue weighted by Crippen LogP contribution is 2.12. The van der Waals surface area contributed by atoms with Crippen molar-refractivity contribution in [3.8, 4) is 0 Å². The molecule has 2 rings (SSSR count). The molecule has 0 saturated carbocycles. The smallest absolute Gasteiger partial charge is 0.251 e. The number of hydrogen-bond donors (Lipinski definition) is 3. The van der Waals surface area contributed by atoms with Gasteiger partial charge in [0.25, 0.3) is 5.91 Å². The van der Waals surface area contributed by atoms with Crippen LogP contribution in [0, 0.1) is 12.8 Å². The number of aliphatic imine (C=N–C) groups is 1. The fourth-order valence-electron chi connectivity index (χ4n) is 2.81. The van der Waals surface area contributed by atoms with Crippen molar-refractivity contribution in [1.29, 1.82) is 0 Å². The Bertz CT molecular complexity index is 601. The van der Waals surface area contributed by atoms with E-state index < -0.39 is 0 Å². The molecule has 1 aromatic carbocycles. The Morgan fingerprint density at radius 1 is 1.26 bits per heavy atom. The maximum atomic E-state index is 12.1. The average Bonchev–Trinajstić information content (AvgIpc) is 3.19. The zero-order valence-electron chi connectivity index (χ0n) is 16.4. The van der Waals surface area contributed by atoms with Crippen molar-refractivity contribution in [2.24, 2.45) is 10.9 Å². The minimum atomic E-state index is -0.0618. The van der Waals surface area contributed by atoms with Crippen LogP contribution in [0.15, 0.2) is 29.3 Å².